The molecule has 44 heavy (non-hydrogen) atoms. The lowest BCUT2D eigenvalue weighted by Gasteiger charge is -2.24. The SMILES string of the molecule is CCCc1cc(=O)n(C(C)NC(=O)C(c2ccccc2)c2ccccc2)c(=O)n1Cc1c(C#N)cccc1-c1ccccc1. The Kier molecular flexibility index (Phi) is 9.31. The molecule has 1 aromatic heterocycles. The molecule has 1 amide bonds. The van der Waals surface area contributed by atoms with Crippen molar-refractivity contribution < 1.29 is 4.79 Å². The second kappa shape index (κ2) is 13.7. The number of hydrogen-bond acceptors (Lipinski definition) is 4. The first-order valence-electron chi connectivity index (χ1n) is 14.8. The number of aryl methyl sites for hydroxylation is 1. The highest BCUT2D eigenvalue weighted by molar-refractivity contribution is 5.87. The second-order valence-corrected chi connectivity index (χ2v) is 10.7. The Bertz CT molecular complexity index is 1870. The highest BCUT2D eigenvalue weighted by atomic mass is 16.2. The van der Waals surface area contributed by atoms with Crippen molar-refractivity contribution in [1.29, 1.82) is 5.26 Å². The fourth-order valence-corrected chi connectivity index (χ4v) is 5.67. The van der Waals surface area contributed by atoms with Crippen LogP contribution < -0.4 is 16.6 Å². The van der Waals surface area contributed by atoms with Crippen LogP contribution in [0.25, 0.3) is 11.1 Å². The van der Waals surface area contributed by atoms with Crippen LogP contribution in [0.2, 0.25) is 0 Å². The van der Waals surface area contributed by atoms with Gasteiger partial charge >= 0.3 is 5.69 Å². The van der Waals surface area contributed by atoms with E-state index in [0.29, 0.717) is 23.2 Å². The van der Waals surface area contributed by atoms with Crippen LogP contribution in [0.4, 0.5) is 0 Å². The van der Waals surface area contributed by atoms with Gasteiger partial charge in [-0.1, -0.05) is 116 Å². The van der Waals surface area contributed by atoms with Gasteiger partial charge in [0.25, 0.3) is 5.56 Å². The van der Waals surface area contributed by atoms with E-state index in [1.165, 1.54) is 6.07 Å². The number of nitrogens with zero attached hydrogens (tertiary/aromatic N) is 3. The van der Waals surface area contributed by atoms with Crippen LogP contribution in [0.3, 0.4) is 0 Å². The maximum Gasteiger partial charge on any atom is 0.333 e. The number of amides is 1. The minimum absolute atomic E-state index is 0.0970. The van der Waals surface area contributed by atoms with E-state index in [1.54, 1.807) is 17.6 Å². The molecule has 1 unspecified atom stereocenters. The Morgan fingerprint density at radius 1 is 0.841 bits per heavy atom. The molecule has 7 nitrogen and oxygen atoms in total. The third-order valence-corrected chi connectivity index (χ3v) is 7.78. The predicted octanol–water partition coefficient (Wildman–Crippen LogP) is 6.02. The zero-order chi connectivity index (χ0) is 31.1. The van der Waals surface area contributed by atoms with Crippen LogP contribution in [0.5, 0.6) is 0 Å². The number of nitriles is 1. The molecule has 1 heterocycles. The lowest BCUT2D eigenvalue weighted by atomic mass is 9.90. The van der Waals surface area contributed by atoms with Gasteiger partial charge in [-0.15, -0.1) is 0 Å². The molecule has 5 aromatic rings. The predicted molar refractivity (Wildman–Crippen MR) is 172 cm³/mol. The molecular weight excluding hydrogens is 548 g/mol. The van der Waals surface area contributed by atoms with Gasteiger partial charge in [0.15, 0.2) is 0 Å². The van der Waals surface area contributed by atoms with Crippen molar-refractivity contribution in [2.75, 3.05) is 0 Å². The van der Waals surface area contributed by atoms with Crippen molar-refractivity contribution in [1.82, 2.24) is 14.5 Å². The summed E-state index contributed by atoms with van der Waals surface area (Å²) in [6.07, 6.45) is 0.293. The van der Waals surface area contributed by atoms with E-state index >= 15 is 0 Å². The quantitative estimate of drug-likeness (QED) is 0.218. The third-order valence-electron chi connectivity index (χ3n) is 7.78. The van der Waals surface area contributed by atoms with E-state index in [-0.39, 0.29) is 12.5 Å². The van der Waals surface area contributed by atoms with Crippen LogP contribution in [0.1, 0.15) is 60.3 Å². The molecule has 0 aliphatic rings. The van der Waals surface area contributed by atoms with Gasteiger partial charge in [0.2, 0.25) is 5.91 Å². The Hall–Kier alpha value is -5.48. The lowest BCUT2D eigenvalue weighted by molar-refractivity contribution is -0.122. The van der Waals surface area contributed by atoms with Gasteiger partial charge in [0.05, 0.1) is 24.1 Å². The molecule has 0 saturated heterocycles. The van der Waals surface area contributed by atoms with Crippen molar-refractivity contribution in [3.05, 3.63) is 164 Å². The average Bonchev–Trinajstić information content (AvgIpc) is 3.04. The van der Waals surface area contributed by atoms with Gasteiger partial charge in [-0.05, 0) is 47.2 Å². The van der Waals surface area contributed by atoms with E-state index in [2.05, 4.69) is 11.4 Å². The van der Waals surface area contributed by atoms with E-state index in [4.69, 9.17) is 0 Å². The Balaban J connectivity index is 1.56. The maximum atomic E-state index is 14.2. The van der Waals surface area contributed by atoms with Crippen LogP contribution in [-0.2, 0) is 17.8 Å². The summed E-state index contributed by atoms with van der Waals surface area (Å²) in [5.74, 6) is -0.959. The molecule has 220 valence electrons. The Morgan fingerprint density at radius 2 is 1.43 bits per heavy atom. The van der Waals surface area contributed by atoms with Crippen molar-refractivity contribution in [2.24, 2.45) is 0 Å². The smallest absolute Gasteiger partial charge is 0.333 e. The number of benzene rings is 4. The molecule has 1 atom stereocenters. The fourth-order valence-electron chi connectivity index (χ4n) is 5.67. The monoisotopic (exact) mass is 582 g/mol. The van der Waals surface area contributed by atoms with Crippen molar-refractivity contribution in [2.45, 2.75) is 45.3 Å². The zero-order valence-corrected chi connectivity index (χ0v) is 24.8. The van der Waals surface area contributed by atoms with Gasteiger partial charge in [-0.25, -0.2) is 9.36 Å². The number of rotatable bonds is 10. The summed E-state index contributed by atoms with van der Waals surface area (Å²) in [5, 5.41) is 12.9. The molecular formula is C37H34N4O3. The average molecular weight is 583 g/mol. The fraction of sp³-hybridized carbons (Fsp3) is 0.189. The molecule has 5 rings (SSSR count). The lowest BCUT2D eigenvalue weighted by Crippen LogP contribution is -2.48. The summed E-state index contributed by atoms with van der Waals surface area (Å²) >= 11 is 0. The van der Waals surface area contributed by atoms with Crippen molar-refractivity contribution >= 4 is 5.91 Å². The normalized spacial score (nSPS) is 11.6. The molecule has 0 aliphatic heterocycles. The Labute approximate surface area is 256 Å². The van der Waals surface area contributed by atoms with E-state index in [0.717, 1.165) is 33.2 Å². The third kappa shape index (κ3) is 6.30. The molecule has 0 aliphatic carbocycles. The van der Waals surface area contributed by atoms with Crippen LogP contribution in [0, 0.1) is 11.3 Å². The second-order valence-electron chi connectivity index (χ2n) is 10.7. The molecule has 0 bridgehead atoms. The Morgan fingerprint density at radius 3 is 2.00 bits per heavy atom. The van der Waals surface area contributed by atoms with Crippen LogP contribution >= 0.6 is 0 Å². The number of carbonyl (C=O) groups excluding carboxylic acids is 1. The molecule has 0 fully saturated rings. The summed E-state index contributed by atoms with van der Waals surface area (Å²) < 4.78 is 2.64. The highest BCUT2D eigenvalue weighted by Gasteiger charge is 2.26. The topological polar surface area (TPSA) is 96.9 Å². The summed E-state index contributed by atoms with van der Waals surface area (Å²) in [5.41, 5.74) is 4.05. The van der Waals surface area contributed by atoms with Gasteiger partial charge in [-0.3, -0.25) is 14.2 Å². The maximum absolute atomic E-state index is 14.2. The minimum Gasteiger partial charge on any atom is -0.335 e. The van der Waals surface area contributed by atoms with E-state index < -0.39 is 23.3 Å². The molecule has 4 aromatic carbocycles. The first kappa shape index (κ1) is 30.0. The summed E-state index contributed by atoms with van der Waals surface area (Å²) in [4.78, 5) is 41.4. The molecule has 0 spiro atoms. The molecule has 1 N–H and O–H groups in total. The van der Waals surface area contributed by atoms with Crippen LogP contribution in [-0.4, -0.2) is 15.0 Å². The van der Waals surface area contributed by atoms with Gasteiger partial charge in [0, 0.05) is 11.8 Å². The van der Waals surface area contributed by atoms with Gasteiger partial charge < -0.3 is 5.32 Å². The number of nitrogens with one attached hydrogen (secondary N) is 1. The summed E-state index contributed by atoms with van der Waals surface area (Å²) in [6, 6.07) is 37.8. The first-order chi connectivity index (χ1) is 21.4. The van der Waals surface area contributed by atoms with E-state index in [9.17, 15) is 19.6 Å². The van der Waals surface area contributed by atoms with Crippen molar-refractivity contribution in [3.8, 4) is 17.2 Å². The number of aromatic nitrogens is 2. The summed E-state index contributed by atoms with van der Waals surface area (Å²) in [7, 11) is 0. The van der Waals surface area contributed by atoms with Crippen molar-refractivity contribution in [3.63, 3.8) is 0 Å². The van der Waals surface area contributed by atoms with Crippen LogP contribution in [0.15, 0.2) is 125 Å². The largest absolute Gasteiger partial charge is 0.335 e. The number of hydrogen-bond donors (Lipinski definition) is 1. The minimum atomic E-state index is -0.931. The number of carbonyl (C=O) groups is 1. The molecule has 7 heteroatoms. The zero-order valence-electron chi connectivity index (χ0n) is 24.8. The van der Waals surface area contributed by atoms with Gasteiger partial charge in [-0.2, -0.15) is 5.26 Å². The summed E-state index contributed by atoms with van der Waals surface area (Å²) in [6.45, 7) is 3.71. The molecule has 0 saturated carbocycles. The van der Waals surface area contributed by atoms with E-state index in [1.807, 2.05) is 110 Å². The standard InChI is InChI=1S/C37H34N4O3/c1-3-14-31-23-34(42)41(26(2)39-36(43)35(28-17-9-5-10-18-28)29-19-11-6-12-20-29)37(44)40(31)25-33-30(24-38)21-13-22-32(33)27-15-7-4-8-16-27/h4-13,15-23,26,35H,3,14,25H2,1-2H3,(H,39,43). The van der Waals surface area contributed by atoms with Gasteiger partial charge in [0.1, 0.15) is 6.17 Å². The molecule has 0 radical (unpaired) electrons. The first-order valence-corrected chi connectivity index (χ1v) is 14.8. The highest BCUT2D eigenvalue weighted by Crippen LogP contribution is 2.28.